The summed E-state index contributed by atoms with van der Waals surface area (Å²) in [7, 11) is -4.13. The van der Waals surface area contributed by atoms with Crippen molar-refractivity contribution in [2.75, 3.05) is 13.1 Å². The molecule has 11 nitrogen and oxygen atoms in total. The number of rotatable bonds is 10. The molecule has 262 valence electrons. The predicted octanol–water partition coefficient (Wildman–Crippen LogP) is 6.68. The summed E-state index contributed by atoms with van der Waals surface area (Å²) in [4.78, 5) is 31.9. The van der Waals surface area contributed by atoms with Gasteiger partial charge in [-0.15, -0.1) is 0 Å². The van der Waals surface area contributed by atoms with Gasteiger partial charge >= 0.3 is 12.1 Å². The summed E-state index contributed by atoms with van der Waals surface area (Å²) in [6.07, 6.45) is 1.69. The van der Waals surface area contributed by atoms with Gasteiger partial charge in [0.1, 0.15) is 17.2 Å². The molecule has 1 amide bonds. The molecule has 4 rings (SSSR count). The fourth-order valence-corrected chi connectivity index (χ4v) is 7.72. The second-order valence-electron chi connectivity index (χ2n) is 14.5. The Labute approximate surface area is 276 Å². The standard InChI is InChI=1S/C33H48F2N4O7S/c1-22-13-14-26(47(42,43)39-20-10-11-25(39)29(40)44-31(2,3)4)24(21-22)28-36-27(46-37-28)12-8-9-19-38(30(41)45-32(5,6)7)23-15-17-33(34,35)18-16-23/h13-14,21,23,25H,8-12,15-20H2,1-7H3/t25-/m0/s1. The predicted molar refractivity (Wildman–Crippen MR) is 170 cm³/mol. The van der Waals surface area contributed by atoms with Crippen molar-refractivity contribution in [3.05, 3.63) is 29.7 Å². The van der Waals surface area contributed by atoms with Gasteiger partial charge in [-0.25, -0.2) is 22.0 Å². The molecule has 0 bridgehead atoms. The van der Waals surface area contributed by atoms with Gasteiger partial charge in [0.15, 0.2) is 0 Å². The Hall–Kier alpha value is -3.13. The van der Waals surface area contributed by atoms with Gasteiger partial charge in [-0.3, -0.25) is 4.79 Å². The number of unbranched alkanes of at least 4 members (excludes halogenated alkanes) is 1. The van der Waals surface area contributed by atoms with Crippen molar-refractivity contribution in [2.24, 2.45) is 0 Å². The second kappa shape index (κ2) is 14.2. The van der Waals surface area contributed by atoms with Crippen molar-refractivity contribution < 1.29 is 40.8 Å². The molecule has 0 radical (unpaired) electrons. The van der Waals surface area contributed by atoms with E-state index in [1.165, 1.54) is 10.4 Å². The molecule has 2 aromatic rings. The van der Waals surface area contributed by atoms with Gasteiger partial charge in [-0.2, -0.15) is 9.29 Å². The van der Waals surface area contributed by atoms with Crippen LogP contribution in [0.15, 0.2) is 27.6 Å². The number of benzene rings is 1. The van der Waals surface area contributed by atoms with Gasteiger partial charge in [0.05, 0.1) is 4.90 Å². The summed E-state index contributed by atoms with van der Waals surface area (Å²) in [5, 5.41) is 4.08. The highest BCUT2D eigenvalue weighted by atomic mass is 32.2. The van der Waals surface area contributed by atoms with Gasteiger partial charge in [-0.1, -0.05) is 16.8 Å². The molecule has 1 atom stereocenters. The molecule has 2 aliphatic rings. The van der Waals surface area contributed by atoms with Crippen molar-refractivity contribution in [1.82, 2.24) is 19.3 Å². The molecular weight excluding hydrogens is 634 g/mol. The number of nitrogens with zero attached hydrogens (tertiary/aromatic N) is 4. The normalized spacial score (nSPS) is 19.5. The maximum Gasteiger partial charge on any atom is 0.410 e. The highest BCUT2D eigenvalue weighted by molar-refractivity contribution is 7.89. The Bertz CT molecular complexity index is 1520. The summed E-state index contributed by atoms with van der Waals surface area (Å²) in [5.41, 5.74) is -0.424. The molecule has 1 aromatic carbocycles. The first-order chi connectivity index (χ1) is 21.8. The van der Waals surface area contributed by atoms with Crippen LogP contribution in [0, 0.1) is 6.92 Å². The molecule has 0 unspecified atom stereocenters. The maximum atomic E-state index is 14.0. The van der Waals surface area contributed by atoms with Gasteiger partial charge in [0.2, 0.25) is 27.7 Å². The van der Waals surface area contributed by atoms with Crippen LogP contribution in [0.25, 0.3) is 11.4 Å². The number of hydrogen-bond donors (Lipinski definition) is 0. The number of amides is 1. The van der Waals surface area contributed by atoms with Gasteiger partial charge < -0.3 is 18.9 Å². The zero-order chi connectivity index (χ0) is 34.8. The van der Waals surface area contributed by atoms with Gasteiger partial charge in [-0.05, 0) is 99.1 Å². The summed E-state index contributed by atoms with van der Waals surface area (Å²) < 4.78 is 73.3. The quantitative estimate of drug-likeness (QED) is 0.199. The summed E-state index contributed by atoms with van der Waals surface area (Å²) in [6, 6.07) is 3.59. The number of sulfonamides is 1. The third-order valence-corrected chi connectivity index (χ3v) is 10.1. The van der Waals surface area contributed by atoms with Crippen LogP contribution in [0.3, 0.4) is 0 Å². The number of carbonyl (C=O) groups is 2. The van der Waals surface area contributed by atoms with E-state index in [-0.39, 0.29) is 54.6 Å². The first-order valence-electron chi connectivity index (χ1n) is 16.3. The summed E-state index contributed by atoms with van der Waals surface area (Å²) in [5.74, 6) is -2.90. The Kier molecular flexibility index (Phi) is 11.1. The van der Waals surface area contributed by atoms with E-state index in [1.807, 2.05) is 6.92 Å². The van der Waals surface area contributed by atoms with Crippen molar-refractivity contribution in [2.45, 2.75) is 140 Å². The second-order valence-corrected chi connectivity index (χ2v) is 16.4. The lowest BCUT2D eigenvalue weighted by molar-refractivity contribution is -0.158. The molecule has 1 aliphatic carbocycles. The van der Waals surface area contributed by atoms with Crippen molar-refractivity contribution in [1.29, 1.82) is 0 Å². The summed E-state index contributed by atoms with van der Waals surface area (Å²) in [6.45, 7) is 12.8. The van der Waals surface area contributed by atoms with Crippen LogP contribution in [0.1, 0.15) is 104 Å². The van der Waals surface area contributed by atoms with Crippen molar-refractivity contribution >= 4 is 22.1 Å². The molecule has 2 heterocycles. The zero-order valence-corrected chi connectivity index (χ0v) is 29.3. The molecule has 14 heteroatoms. The van der Waals surface area contributed by atoms with E-state index in [0.717, 1.165) is 5.56 Å². The van der Waals surface area contributed by atoms with Crippen LogP contribution >= 0.6 is 0 Å². The highest BCUT2D eigenvalue weighted by Gasteiger charge is 2.43. The molecule has 47 heavy (non-hydrogen) atoms. The van der Waals surface area contributed by atoms with Crippen molar-refractivity contribution in [3.63, 3.8) is 0 Å². The van der Waals surface area contributed by atoms with Crippen LogP contribution < -0.4 is 0 Å². The number of aryl methyl sites for hydroxylation is 2. The number of esters is 1. The topological polar surface area (TPSA) is 132 Å². The van der Waals surface area contributed by atoms with Gasteiger partial charge in [0.25, 0.3) is 0 Å². The van der Waals surface area contributed by atoms with E-state index in [4.69, 9.17) is 14.0 Å². The zero-order valence-electron chi connectivity index (χ0n) is 28.5. The van der Waals surface area contributed by atoms with E-state index in [0.29, 0.717) is 44.5 Å². The minimum atomic E-state index is -4.13. The van der Waals surface area contributed by atoms with E-state index in [9.17, 15) is 26.8 Å². The van der Waals surface area contributed by atoms with E-state index in [2.05, 4.69) is 10.1 Å². The lowest BCUT2D eigenvalue weighted by Gasteiger charge is -2.37. The molecule has 1 aromatic heterocycles. The van der Waals surface area contributed by atoms with Crippen LogP contribution in [-0.2, 0) is 30.7 Å². The third kappa shape index (κ3) is 9.71. The van der Waals surface area contributed by atoms with E-state index in [1.54, 1.807) is 58.6 Å². The molecule has 0 spiro atoms. The minimum Gasteiger partial charge on any atom is -0.459 e. The molecular formula is C33H48F2N4O7S. The van der Waals surface area contributed by atoms with Crippen LogP contribution in [0.5, 0.6) is 0 Å². The van der Waals surface area contributed by atoms with E-state index < -0.39 is 45.3 Å². The van der Waals surface area contributed by atoms with Crippen molar-refractivity contribution in [3.8, 4) is 11.4 Å². The number of alkyl halides is 2. The molecule has 0 N–H and O–H groups in total. The average Bonchev–Trinajstić information content (AvgIpc) is 3.62. The third-order valence-electron chi connectivity index (χ3n) is 8.11. The SMILES string of the molecule is Cc1ccc(S(=O)(=O)N2CCC[C@H]2C(=O)OC(C)(C)C)c(-c2noc(CCCCN(C(=O)OC(C)(C)C)C3CCC(F)(F)CC3)n2)c1. The number of hydrogen-bond acceptors (Lipinski definition) is 9. The van der Waals surface area contributed by atoms with Gasteiger partial charge in [0, 0.05) is 44.0 Å². The molecule has 1 aliphatic heterocycles. The number of carbonyl (C=O) groups excluding carboxylic acids is 2. The maximum absolute atomic E-state index is 14.0. The monoisotopic (exact) mass is 682 g/mol. The Morgan fingerprint density at radius 2 is 1.70 bits per heavy atom. The largest absolute Gasteiger partial charge is 0.459 e. The number of halogens is 2. The first kappa shape index (κ1) is 36.7. The van der Waals surface area contributed by atoms with Crippen LogP contribution in [0.2, 0.25) is 0 Å². The molecule has 1 saturated heterocycles. The lowest BCUT2D eigenvalue weighted by atomic mass is 9.91. The smallest absolute Gasteiger partial charge is 0.410 e. The fourth-order valence-electron chi connectivity index (χ4n) is 5.91. The Balaban J connectivity index is 1.45. The number of aromatic nitrogens is 2. The Morgan fingerprint density at radius 1 is 1.04 bits per heavy atom. The highest BCUT2D eigenvalue weighted by Crippen LogP contribution is 2.36. The van der Waals surface area contributed by atoms with Crippen LogP contribution in [-0.4, -0.2) is 82.1 Å². The fraction of sp³-hybridized carbons (Fsp3) is 0.697. The molecule has 1 saturated carbocycles. The van der Waals surface area contributed by atoms with Crippen LogP contribution in [0.4, 0.5) is 13.6 Å². The Morgan fingerprint density at radius 3 is 2.34 bits per heavy atom. The lowest BCUT2D eigenvalue weighted by Crippen LogP contribution is -2.46. The number of ether oxygens (including phenoxy) is 2. The first-order valence-corrected chi connectivity index (χ1v) is 17.8. The minimum absolute atomic E-state index is 0.0306. The molecule has 2 fully saturated rings. The average molecular weight is 683 g/mol. The summed E-state index contributed by atoms with van der Waals surface area (Å²) >= 11 is 0. The van der Waals surface area contributed by atoms with E-state index >= 15 is 0 Å².